The van der Waals surface area contributed by atoms with E-state index in [9.17, 15) is 26.3 Å². The highest BCUT2D eigenvalue weighted by Crippen LogP contribution is 2.32. The number of fused-ring (bicyclic) bond motifs is 1. The van der Waals surface area contributed by atoms with E-state index in [0.717, 1.165) is 0 Å². The number of aliphatic carboxylic acids is 1. The molecule has 0 unspecified atom stereocenters. The number of imidazole rings is 3. The molecule has 16 heteroatoms. The first-order chi connectivity index (χ1) is 13.5. The van der Waals surface area contributed by atoms with Gasteiger partial charge in [-0.25, -0.2) is 19.7 Å². The van der Waals surface area contributed by atoms with Crippen molar-refractivity contribution in [2.75, 3.05) is 0 Å². The molecule has 4 heterocycles. The Bertz CT molecular complexity index is 1120. The lowest BCUT2D eigenvalue weighted by Crippen LogP contribution is -2.21. The van der Waals surface area contributed by atoms with Crippen molar-refractivity contribution in [2.45, 2.75) is 12.4 Å². The number of hydrogen-bond acceptors (Lipinski definition) is 5. The molecule has 154 valence electrons. The van der Waals surface area contributed by atoms with Gasteiger partial charge in [0.05, 0.1) is 18.2 Å². The molecular weight excluding hydrogens is 414 g/mol. The molecule has 4 N–H and O–H groups in total. The summed E-state index contributed by atoms with van der Waals surface area (Å²) in [5.41, 5.74) is 1.35. The number of halogens is 6. The molecule has 0 atom stereocenters. The van der Waals surface area contributed by atoms with Crippen molar-refractivity contribution in [3.05, 3.63) is 30.7 Å². The predicted octanol–water partition coefficient (Wildman–Crippen LogP) is 2.49. The van der Waals surface area contributed by atoms with Crippen molar-refractivity contribution in [1.29, 1.82) is 0 Å². The zero-order valence-electron chi connectivity index (χ0n) is 13.7. The van der Waals surface area contributed by atoms with Crippen molar-refractivity contribution in [3.63, 3.8) is 0 Å². The van der Waals surface area contributed by atoms with Crippen LogP contribution < -0.4 is 0 Å². The summed E-state index contributed by atoms with van der Waals surface area (Å²) in [6.07, 6.45) is -3.34. The monoisotopic (exact) mass is 422 g/mol. The molecule has 10 nitrogen and oxygen atoms in total. The van der Waals surface area contributed by atoms with E-state index in [0.29, 0.717) is 17.2 Å². The molecule has 0 amide bonds. The summed E-state index contributed by atoms with van der Waals surface area (Å²) >= 11 is 0. The van der Waals surface area contributed by atoms with E-state index in [1.165, 1.54) is 6.33 Å². The number of alkyl halides is 6. The minimum absolute atomic E-state index is 0.0750. The largest absolute Gasteiger partial charge is 0.490 e. The Hall–Kier alpha value is -3.85. The third-order valence-electron chi connectivity index (χ3n) is 3.31. The number of aromatic nitrogens is 8. The van der Waals surface area contributed by atoms with Crippen LogP contribution in [0.25, 0.3) is 28.7 Å². The van der Waals surface area contributed by atoms with Crippen LogP contribution in [0.1, 0.15) is 5.82 Å². The second kappa shape index (κ2) is 6.95. The Balaban J connectivity index is 0.000000298. The minimum atomic E-state index is -5.08. The summed E-state index contributed by atoms with van der Waals surface area (Å²) in [7, 11) is 0. The van der Waals surface area contributed by atoms with E-state index in [1.807, 2.05) is 0 Å². The third kappa shape index (κ3) is 4.04. The summed E-state index contributed by atoms with van der Waals surface area (Å²) in [4.78, 5) is 26.3. The Morgan fingerprint density at radius 3 is 2.31 bits per heavy atom. The Morgan fingerprint density at radius 2 is 1.79 bits per heavy atom. The van der Waals surface area contributed by atoms with Crippen molar-refractivity contribution in [3.8, 4) is 22.9 Å². The molecule has 4 rings (SSSR count). The lowest BCUT2D eigenvalue weighted by molar-refractivity contribution is -0.192. The van der Waals surface area contributed by atoms with E-state index >= 15 is 0 Å². The summed E-state index contributed by atoms with van der Waals surface area (Å²) in [5.74, 6) is -3.61. The molecule has 0 saturated heterocycles. The van der Waals surface area contributed by atoms with Crippen LogP contribution in [0.5, 0.6) is 0 Å². The van der Waals surface area contributed by atoms with Crippen LogP contribution in [-0.2, 0) is 11.0 Å². The fourth-order valence-electron chi connectivity index (χ4n) is 2.17. The van der Waals surface area contributed by atoms with Crippen LogP contribution in [0.15, 0.2) is 24.9 Å². The second-order valence-electron chi connectivity index (χ2n) is 5.24. The molecule has 0 aromatic carbocycles. The Morgan fingerprint density at radius 1 is 1.10 bits per heavy atom. The summed E-state index contributed by atoms with van der Waals surface area (Å²) in [6, 6.07) is 0. The van der Waals surface area contributed by atoms with E-state index in [1.54, 1.807) is 23.0 Å². The van der Waals surface area contributed by atoms with Gasteiger partial charge in [0.25, 0.3) is 5.82 Å². The van der Waals surface area contributed by atoms with Crippen molar-refractivity contribution >= 4 is 11.7 Å². The van der Waals surface area contributed by atoms with Gasteiger partial charge in [-0.3, -0.25) is 9.50 Å². The van der Waals surface area contributed by atoms with Gasteiger partial charge in [-0.2, -0.15) is 26.3 Å². The number of nitrogens with one attached hydrogen (secondary N) is 3. The number of hydrogen-bond donors (Lipinski definition) is 4. The fourth-order valence-corrected chi connectivity index (χ4v) is 2.17. The van der Waals surface area contributed by atoms with Gasteiger partial charge >= 0.3 is 18.3 Å². The highest BCUT2D eigenvalue weighted by molar-refractivity contribution is 5.76. The van der Waals surface area contributed by atoms with Gasteiger partial charge < -0.3 is 15.1 Å². The molecule has 29 heavy (non-hydrogen) atoms. The average Bonchev–Trinajstić information content (AvgIpc) is 3.36. The molecule has 0 aliphatic heterocycles. The Labute approximate surface area is 154 Å². The molecule has 0 fully saturated rings. The van der Waals surface area contributed by atoms with E-state index in [4.69, 9.17) is 9.90 Å². The number of carbonyl (C=O) groups is 1. The lowest BCUT2D eigenvalue weighted by Gasteiger charge is -1.99. The van der Waals surface area contributed by atoms with Crippen LogP contribution in [0.4, 0.5) is 26.3 Å². The summed E-state index contributed by atoms with van der Waals surface area (Å²) < 4.78 is 71.3. The van der Waals surface area contributed by atoms with Crippen LogP contribution in [0.2, 0.25) is 0 Å². The first kappa shape index (κ1) is 19.9. The van der Waals surface area contributed by atoms with Gasteiger partial charge in [0.2, 0.25) is 5.78 Å². The second-order valence-corrected chi connectivity index (χ2v) is 5.24. The van der Waals surface area contributed by atoms with Gasteiger partial charge in [0.1, 0.15) is 11.4 Å². The normalized spacial score (nSPS) is 12.1. The number of nitrogens with zero attached hydrogens (tertiary/aromatic N) is 5. The maximum absolute atomic E-state index is 12.6. The molecule has 4 aromatic heterocycles. The minimum Gasteiger partial charge on any atom is -0.475 e. The highest BCUT2D eigenvalue weighted by atomic mass is 19.4. The standard InChI is InChI=1S/C11H7F3N8.C2HF3O2/c12-11(13,14)9-19-8(20-21-9)6-7(5-3-15-4-17-5)22-2-1-16-10(22)18-6;3-2(4,5)1(6)7/h1-4H,(H,15,17)(H,16,18)(H,19,20,21);(H,6,7). The van der Waals surface area contributed by atoms with E-state index in [2.05, 4.69) is 35.1 Å². The molecule has 0 aliphatic rings. The molecule has 0 spiro atoms. The molecule has 0 saturated carbocycles. The Kier molecular flexibility index (Phi) is 4.77. The molecule has 0 bridgehead atoms. The topological polar surface area (TPSA) is 141 Å². The van der Waals surface area contributed by atoms with Crippen LogP contribution >= 0.6 is 0 Å². The summed E-state index contributed by atoms with van der Waals surface area (Å²) in [6.45, 7) is 0. The zero-order valence-corrected chi connectivity index (χ0v) is 13.7. The van der Waals surface area contributed by atoms with E-state index in [-0.39, 0.29) is 11.5 Å². The molecular formula is C13H8F6N8O2. The molecule has 4 aromatic rings. The zero-order chi connectivity index (χ0) is 21.4. The average molecular weight is 422 g/mol. The van der Waals surface area contributed by atoms with E-state index < -0.39 is 24.1 Å². The van der Waals surface area contributed by atoms with Crippen LogP contribution in [-0.4, -0.2) is 56.8 Å². The van der Waals surface area contributed by atoms with Crippen LogP contribution in [0.3, 0.4) is 0 Å². The quantitative estimate of drug-likeness (QED) is 0.366. The maximum Gasteiger partial charge on any atom is 0.490 e. The van der Waals surface area contributed by atoms with Gasteiger partial charge in [0, 0.05) is 12.4 Å². The van der Waals surface area contributed by atoms with Gasteiger partial charge in [-0.15, -0.1) is 5.10 Å². The lowest BCUT2D eigenvalue weighted by atomic mass is 10.2. The highest BCUT2D eigenvalue weighted by Gasteiger charge is 2.38. The number of rotatable bonds is 2. The van der Waals surface area contributed by atoms with Crippen molar-refractivity contribution in [2.24, 2.45) is 0 Å². The molecule has 0 radical (unpaired) electrons. The number of carboxylic acid groups (broad SMARTS) is 1. The fraction of sp³-hybridized carbons (Fsp3) is 0.154. The number of carboxylic acids is 1. The third-order valence-corrected chi connectivity index (χ3v) is 3.31. The maximum atomic E-state index is 12.6. The predicted molar refractivity (Wildman–Crippen MR) is 81.2 cm³/mol. The summed E-state index contributed by atoms with van der Waals surface area (Å²) in [5, 5.41) is 12.6. The first-order valence-corrected chi connectivity index (χ1v) is 7.32. The smallest absolute Gasteiger partial charge is 0.475 e. The number of aromatic amines is 3. The van der Waals surface area contributed by atoms with Crippen molar-refractivity contribution in [1.82, 2.24) is 39.5 Å². The molecule has 0 aliphatic carbocycles. The van der Waals surface area contributed by atoms with Crippen molar-refractivity contribution < 1.29 is 36.2 Å². The SMILES string of the molecule is FC(F)(F)c1n[nH]c(-c2nc3[nH]ccn3c2-c2cnc[nH]2)n1.O=C(O)C(F)(F)F. The van der Waals surface area contributed by atoms with Crippen LogP contribution in [0, 0.1) is 0 Å². The first-order valence-electron chi connectivity index (χ1n) is 7.32. The van der Waals surface area contributed by atoms with Gasteiger partial charge in [0.15, 0.2) is 5.82 Å². The number of H-pyrrole nitrogens is 3. The van der Waals surface area contributed by atoms with Gasteiger partial charge in [-0.05, 0) is 0 Å². The van der Waals surface area contributed by atoms with Gasteiger partial charge in [-0.1, -0.05) is 0 Å².